The van der Waals surface area contributed by atoms with E-state index in [1.807, 2.05) is 60.7 Å². The van der Waals surface area contributed by atoms with E-state index in [-0.39, 0.29) is 0 Å². The number of rotatable bonds is 4. The van der Waals surface area contributed by atoms with Crippen molar-refractivity contribution >= 4 is 23.0 Å². The van der Waals surface area contributed by atoms with Gasteiger partial charge in [0.2, 0.25) is 0 Å². The number of para-hydroxylation sites is 1. The lowest BCUT2D eigenvalue weighted by Gasteiger charge is -2.09. The number of aromatic nitrogens is 1. The molecule has 0 saturated carbocycles. The standard InChI is InChI=1S/C17H14N2O/c20-12-15-10-14-8-4-5-9-16(14)19-17(15)18-11-13-6-2-1-3-7-13/h1-10,12H,11H2,(H,18,19). The van der Waals surface area contributed by atoms with Gasteiger partial charge in [0.05, 0.1) is 11.1 Å². The van der Waals surface area contributed by atoms with E-state index >= 15 is 0 Å². The molecule has 0 aliphatic carbocycles. The number of hydrogen-bond acceptors (Lipinski definition) is 3. The summed E-state index contributed by atoms with van der Waals surface area (Å²) in [6.45, 7) is 0.646. The molecule has 1 N–H and O–H groups in total. The Balaban J connectivity index is 1.92. The van der Waals surface area contributed by atoms with Gasteiger partial charge >= 0.3 is 0 Å². The van der Waals surface area contributed by atoms with Gasteiger partial charge in [0, 0.05) is 11.9 Å². The van der Waals surface area contributed by atoms with Crippen LogP contribution in [0.15, 0.2) is 60.7 Å². The van der Waals surface area contributed by atoms with Crippen molar-refractivity contribution in [3.8, 4) is 0 Å². The Morgan fingerprint density at radius 2 is 1.75 bits per heavy atom. The van der Waals surface area contributed by atoms with Crippen LogP contribution in [0.3, 0.4) is 0 Å². The van der Waals surface area contributed by atoms with Gasteiger partial charge in [-0.25, -0.2) is 4.98 Å². The molecule has 0 fully saturated rings. The summed E-state index contributed by atoms with van der Waals surface area (Å²) in [5.41, 5.74) is 2.62. The third kappa shape index (κ3) is 2.52. The van der Waals surface area contributed by atoms with Crippen molar-refractivity contribution < 1.29 is 4.79 Å². The Kier molecular flexibility index (Phi) is 3.42. The summed E-state index contributed by atoms with van der Waals surface area (Å²) in [4.78, 5) is 15.7. The maximum atomic E-state index is 11.2. The highest BCUT2D eigenvalue weighted by molar-refractivity contribution is 5.91. The molecule has 0 saturated heterocycles. The fourth-order valence-electron chi connectivity index (χ4n) is 2.15. The monoisotopic (exact) mass is 262 g/mol. The van der Waals surface area contributed by atoms with Gasteiger partial charge in [-0.2, -0.15) is 0 Å². The number of nitrogens with zero attached hydrogens (tertiary/aromatic N) is 1. The van der Waals surface area contributed by atoms with Gasteiger partial charge < -0.3 is 5.32 Å². The van der Waals surface area contributed by atoms with Gasteiger partial charge in [0.15, 0.2) is 6.29 Å². The molecule has 3 aromatic rings. The molecule has 0 bridgehead atoms. The second-order valence-electron chi connectivity index (χ2n) is 4.58. The first kappa shape index (κ1) is 12.4. The van der Waals surface area contributed by atoms with Gasteiger partial charge in [-0.3, -0.25) is 4.79 Å². The quantitative estimate of drug-likeness (QED) is 0.730. The normalized spacial score (nSPS) is 10.4. The molecule has 1 heterocycles. The number of carbonyl (C=O) groups is 1. The van der Waals surface area contributed by atoms with E-state index in [0.717, 1.165) is 22.8 Å². The summed E-state index contributed by atoms with van der Waals surface area (Å²) in [6, 6.07) is 19.7. The van der Waals surface area contributed by atoms with Gasteiger partial charge in [-0.15, -0.1) is 0 Å². The third-order valence-electron chi connectivity index (χ3n) is 3.18. The first-order valence-electron chi connectivity index (χ1n) is 6.49. The van der Waals surface area contributed by atoms with E-state index in [2.05, 4.69) is 10.3 Å². The molecule has 0 atom stereocenters. The lowest BCUT2D eigenvalue weighted by Crippen LogP contribution is -2.04. The van der Waals surface area contributed by atoms with Crippen LogP contribution >= 0.6 is 0 Å². The molecule has 0 unspecified atom stereocenters. The fourth-order valence-corrected chi connectivity index (χ4v) is 2.15. The van der Waals surface area contributed by atoms with Crippen LogP contribution in [0.4, 0.5) is 5.82 Å². The van der Waals surface area contributed by atoms with Crippen LogP contribution < -0.4 is 5.32 Å². The smallest absolute Gasteiger partial charge is 0.153 e. The minimum absolute atomic E-state index is 0.583. The Morgan fingerprint density at radius 3 is 2.55 bits per heavy atom. The van der Waals surface area contributed by atoms with E-state index in [1.165, 1.54) is 0 Å². The SMILES string of the molecule is O=Cc1cc2ccccc2nc1NCc1ccccc1. The van der Waals surface area contributed by atoms with Crippen molar-refractivity contribution in [3.05, 3.63) is 71.8 Å². The van der Waals surface area contributed by atoms with Crippen molar-refractivity contribution in [3.63, 3.8) is 0 Å². The van der Waals surface area contributed by atoms with Crippen LogP contribution in [0, 0.1) is 0 Å². The minimum Gasteiger partial charge on any atom is -0.365 e. The molecule has 3 rings (SSSR count). The van der Waals surface area contributed by atoms with Gasteiger partial charge in [-0.05, 0) is 17.7 Å². The number of fused-ring (bicyclic) bond motifs is 1. The zero-order valence-electron chi connectivity index (χ0n) is 10.9. The van der Waals surface area contributed by atoms with Crippen LogP contribution in [0.5, 0.6) is 0 Å². The number of hydrogen-bond donors (Lipinski definition) is 1. The molecular formula is C17H14N2O. The van der Waals surface area contributed by atoms with E-state index in [0.29, 0.717) is 17.9 Å². The van der Waals surface area contributed by atoms with E-state index in [9.17, 15) is 4.79 Å². The van der Waals surface area contributed by atoms with Crippen LogP contribution in [-0.2, 0) is 6.54 Å². The van der Waals surface area contributed by atoms with Crippen molar-refractivity contribution in [1.29, 1.82) is 0 Å². The highest BCUT2D eigenvalue weighted by Gasteiger charge is 2.05. The third-order valence-corrected chi connectivity index (χ3v) is 3.18. The molecule has 0 radical (unpaired) electrons. The first-order valence-corrected chi connectivity index (χ1v) is 6.49. The molecule has 1 aromatic heterocycles. The molecule has 20 heavy (non-hydrogen) atoms. The molecular weight excluding hydrogens is 248 g/mol. The molecule has 0 aliphatic heterocycles. The summed E-state index contributed by atoms with van der Waals surface area (Å²) >= 11 is 0. The maximum absolute atomic E-state index is 11.2. The minimum atomic E-state index is 0.583. The van der Waals surface area contributed by atoms with Gasteiger partial charge in [-0.1, -0.05) is 48.5 Å². The van der Waals surface area contributed by atoms with Crippen molar-refractivity contribution in [2.45, 2.75) is 6.54 Å². The summed E-state index contributed by atoms with van der Waals surface area (Å²) in [5.74, 6) is 0.627. The molecule has 3 heteroatoms. The average Bonchev–Trinajstić information content (AvgIpc) is 2.53. The second-order valence-corrected chi connectivity index (χ2v) is 4.58. The van der Waals surface area contributed by atoms with Crippen molar-refractivity contribution in [2.24, 2.45) is 0 Å². The zero-order chi connectivity index (χ0) is 13.8. The summed E-state index contributed by atoms with van der Waals surface area (Å²) in [7, 11) is 0. The number of anilines is 1. The summed E-state index contributed by atoms with van der Waals surface area (Å²) < 4.78 is 0. The molecule has 0 aliphatic rings. The molecule has 2 aromatic carbocycles. The lowest BCUT2D eigenvalue weighted by atomic mass is 10.1. The van der Waals surface area contributed by atoms with Crippen molar-refractivity contribution in [2.75, 3.05) is 5.32 Å². The number of nitrogens with one attached hydrogen (secondary N) is 1. The number of pyridine rings is 1. The molecule has 0 spiro atoms. The Hall–Kier alpha value is -2.68. The van der Waals surface area contributed by atoms with Gasteiger partial charge in [0.1, 0.15) is 5.82 Å². The summed E-state index contributed by atoms with van der Waals surface area (Å²) in [5, 5.41) is 4.20. The Labute approximate surface area is 117 Å². The number of aldehydes is 1. The van der Waals surface area contributed by atoms with E-state index in [4.69, 9.17) is 0 Å². The largest absolute Gasteiger partial charge is 0.365 e. The van der Waals surface area contributed by atoms with Crippen LogP contribution in [0.2, 0.25) is 0 Å². The highest BCUT2D eigenvalue weighted by atomic mass is 16.1. The predicted octanol–water partition coefficient (Wildman–Crippen LogP) is 3.66. The molecule has 98 valence electrons. The zero-order valence-corrected chi connectivity index (χ0v) is 10.9. The van der Waals surface area contributed by atoms with Crippen LogP contribution in [-0.4, -0.2) is 11.3 Å². The lowest BCUT2D eigenvalue weighted by molar-refractivity contribution is 0.112. The number of benzene rings is 2. The second kappa shape index (κ2) is 5.53. The van der Waals surface area contributed by atoms with Crippen LogP contribution in [0.1, 0.15) is 15.9 Å². The number of carbonyl (C=O) groups excluding carboxylic acids is 1. The fraction of sp³-hybridized carbons (Fsp3) is 0.0588. The van der Waals surface area contributed by atoms with Crippen molar-refractivity contribution in [1.82, 2.24) is 4.98 Å². The Morgan fingerprint density at radius 1 is 1.00 bits per heavy atom. The average molecular weight is 262 g/mol. The predicted molar refractivity (Wildman–Crippen MR) is 80.9 cm³/mol. The van der Waals surface area contributed by atoms with E-state index < -0.39 is 0 Å². The topological polar surface area (TPSA) is 42.0 Å². The van der Waals surface area contributed by atoms with Crippen LogP contribution in [0.25, 0.3) is 10.9 Å². The highest BCUT2D eigenvalue weighted by Crippen LogP contribution is 2.19. The Bertz CT molecular complexity index is 738. The summed E-state index contributed by atoms with van der Waals surface area (Å²) in [6.07, 6.45) is 0.840. The maximum Gasteiger partial charge on any atom is 0.153 e. The van der Waals surface area contributed by atoms with Gasteiger partial charge in [0.25, 0.3) is 0 Å². The first-order chi connectivity index (χ1) is 9.86. The molecule has 0 amide bonds. The molecule has 3 nitrogen and oxygen atoms in total. The van der Waals surface area contributed by atoms with E-state index in [1.54, 1.807) is 0 Å².